The summed E-state index contributed by atoms with van der Waals surface area (Å²) in [5.74, 6) is 0.628. The second-order valence-corrected chi connectivity index (χ2v) is 6.42. The van der Waals surface area contributed by atoms with E-state index in [1.54, 1.807) is 0 Å². The molecule has 1 amide bonds. The van der Waals surface area contributed by atoms with Crippen LogP contribution in [0.15, 0.2) is 0 Å². The van der Waals surface area contributed by atoms with Crippen LogP contribution in [0, 0.1) is 16.7 Å². The maximum atomic E-state index is 12.4. The van der Waals surface area contributed by atoms with Crippen molar-refractivity contribution < 1.29 is 9.53 Å². The monoisotopic (exact) mass is 256 g/mol. The fraction of sp³-hybridized carbons (Fsp3) is 0.929. The first kappa shape index (κ1) is 15.4. The van der Waals surface area contributed by atoms with Gasteiger partial charge >= 0.3 is 0 Å². The number of carbonyl (C=O) groups excluding carboxylic acids is 1. The molecule has 0 atom stereocenters. The number of rotatable bonds is 5. The van der Waals surface area contributed by atoms with Gasteiger partial charge in [0.15, 0.2) is 0 Å². The molecule has 1 saturated heterocycles. The standard InChI is InChI=1S/C14H28N2O2/c1-11(2)13(3,4)10-16-12(17)14(9-15)5-7-18-8-6-14/h11H,5-10,15H2,1-4H3,(H,16,17). The van der Waals surface area contributed by atoms with E-state index in [4.69, 9.17) is 10.5 Å². The molecular weight excluding hydrogens is 228 g/mol. The molecule has 4 heteroatoms. The minimum atomic E-state index is -0.411. The van der Waals surface area contributed by atoms with E-state index in [2.05, 4.69) is 33.0 Å². The average molecular weight is 256 g/mol. The maximum absolute atomic E-state index is 12.4. The summed E-state index contributed by atoms with van der Waals surface area (Å²) in [4.78, 5) is 12.4. The van der Waals surface area contributed by atoms with Gasteiger partial charge in [-0.15, -0.1) is 0 Å². The highest BCUT2D eigenvalue weighted by Gasteiger charge is 2.39. The summed E-state index contributed by atoms with van der Waals surface area (Å²) in [6, 6.07) is 0. The summed E-state index contributed by atoms with van der Waals surface area (Å²) in [5, 5.41) is 3.09. The third-order valence-corrected chi connectivity index (χ3v) is 4.59. The molecule has 0 radical (unpaired) electrons. The lowest BCUT2D eigenvalue weighted by Crippen LogP contribution is -2.51. The Balaban J connectivity index is 2.58. The Hall–Kier alpha value is -0.610. The van der Waals surface area contributed by atoms with Gasteiger partial charge in [-0.3, -0.25) is 4.79 Å². The summed E-state index contributed by atoms with van der Waals surface area (Å²) < 4.78 is 5.32. The van der Waals surface area contributed by atoms with E-state index in [0.29, 0.717) is 32.2 Å². The van der Waals surface area contributed by atoms with Crippen LogP contribution in [0.3, 0.4) is 0 Å². The highest BCUT2D eigenvalue weighted by Crippen LogP contribution is 2.30. The van der Waals surface area contributed by atoms with Crippen LogP contribution in [0.25, 0.3) is 0 Å². The molecule has 0 bridgehead atoms. The summed E-state index contributed by atoms with van der Waals surface area (Å²) in [6.45, 7) is 11.1. The lowest BCUT2D eigenvalue weighted by atomic mass is 9.78. The van der Waals surface area contributed by atoms with Gasteiger partial charge in [0.2, 0.25) is 5.91 Å². The normalized spacial score (nSPS) is 19.9. The number of nitrogens with two attached hydrogens (primary N) is 1. The third kappa shape index (κ3) is 3.45. The van der Waals surface area contributed by atoms with Crippen molar-refractivity contribution in [1.82, 2.24) is 5.32 Å². The Kier molecular flexibility index (Phi) is 5.17. The van der Waals surface area contributed by atoms with Crippen LogP contribution in [-0.4, -0.2) is 32.2 Å². The van der Waals surface area contributed by atoms with E-state index in [1.165, 1.54) is 0 Å². The van der Waals surface area contributed by atoms with Gasteiger partial charge in [-0.05, 0) is 24.2 Å². The van der Waals surface area contributed by atoms with Crippen molar-refractivity contribution in [2.24, 2.45) is 22.5 Å². The van der Waals surface area contributed by atoms with E-state index in [1.807, 2.05) is 0 Å². The zero-order valence-electron chi connectivity index (χ0n) is 12.2. The molecule has 106 valence electrons. The molecule has 0 saturated carbocycles. The summed E-state index contributed by atoms with van der Waals surface area (Å²) in [5.41, 5.74) is 5.52. The summed E-state index contributed by atoms with van der Waals surface area (Å²) in [6.07, 6.45) is 1.47. The van der Waals surface area contributed by atoms with E-state index in [9.17, 15) is 4.79 Å². The molecular formula is C14H28N2O2. The van der Waals surface area contributed by atoms with Crippen molar-refractivity contribution in [3.05, 3.63) is 0 Å². The number of ether oxygens (including phenoxy) is 1. The zero-order chi connectivity index (χ0) is 13.8. The molecule has 0 spiro atoms. The fourth-order valence-electron chi connectivity index (χ4n) is 1.99. The first-order valence-electron chi connectivity index (χ1n) is 6.90. The molecule has 1 aliphatic rings. The quantitative estimate of drug-likeness (QED) is 0.784. The van der Waals surface area contributed by atoms with Gasteiger partial charge in [-0.25, -0.2) is 0 Å². The number of nitrogens with one attached hydrogen (secondary N) is 1. The minimum absolute atomic E-state index is 0.0991. The van der Waals surface area contributed by atoms with E-state index in [0.717, 1.165) is 12.8 Å². The van der Waals surface area contributed by atoms with Crippen LogP contribution in [0.1, 0.15) is 40.5 Å². The van der Waals surface area contributed by atoms with Gasteiger partial charge in [-0.2, -0.15) is 0 Å². The van der Waals surface area contributed by atoms with Gasteiger partial charge in [-0.1, -0.05) is 27.7 Å². The first-order chi connectivity index (χ1) is 8.34. The van der Waals surface area contributed by atoms with Crippen LogP contribution >= 0.6 is 0 Å². The van der Waals surface area contributed by atoms with Crippen molar-refractivity contribution in [2.75, 3.05) is 26.3 Å². The fourth-order valence-corrected chi connectivity index (χ4v) is 1.99. The molecule has 1 aliphatic heterocycles. The molecule has 1 fully saturated rings. The number of amides is 1. The number of carbonyl (C=O) groups is 1. The molecule has 3 N–H and O–H groups in total. The topological polar surface area (TPSA) is 64.4 Å². The molecule has 1 heterocycles. The van der Waals surface area contributed by atoms with E-state index in [-0.39, 0.29) is 11.3 Å². The molecule has 0 aromatic heterocycles. The van der Waals surface area contributed by atoms with Crippen molar-refractivity contribution >= 4 is 5.91 Å². The smallest absolute Gasteiger partial charge is 0.227 e. The Morgan fingerprint density at radius 2 is 1.94 bits per heavy atom. The van der Waals surface area contributed by atoms with Crippen molar-refractivity contribution in [3.8, 4) is 0 Å². The predicted molar refractivity (Wildman–Crippen MR) is 73.2 cm³/mol. The Morgan fingerprint density at radius 1 is 1.39 bits per heavy atom. The van der Waals surface area contributed by atoms with Crippen LogP contribution in [-0.2, 0) is 9.53 Å². The first-order valence-corrected chi connectivity index (χ1v) is 6.90. The maximum Gasteiger partial charge on any atom is 0.227 e. The van der Waals surface area contributed by atoms with E-state index < -0.39 is 5.41 Å². The third-order valence-electron chi connectivity index (χ3n) is 4.59. The summed E-state index contributed by atoms with van der Waals surface area (Å²) in [7, 11) is 0. The van der Waals surface area contributed by atoms with Gasteiger partial charge in [0.05, 0.1) is 5.41 Å². The Morgan fingerprint density at radius 3 is 2.39 bits per heavy atom. The molecule has 18 heavy (non-hydrogen) atoms. The van der Waals surface area contributed by atoms with Crippen molar-refractivity contribution in [2.45, 2.75) is 40.5 Å². The molecule has 0 aromatic rings. The molecule has 4 nitrogen and oxygen atoms in total. The van der Waals surface area contributed by atoms with Gasteiger partial charge in [0.1, 0.15) is 0 Å². The van der Waals surface area contributed by atoms with Gasteiger partial charge in [0.25, 0.3) is 0 Å². The SMILES string of the molecule is CC(C)C(C)(C)CNC(=O)C1(CN)CCOCC1. The molecule has 0 unspecified atom stereocenters. The molecule has 0 aliphatic carbocycles. The highest BCUT2D eigenvalue weighted by molar-refractivity contribution is 5.83. The Bertz CT molecular complexity index is 282. The largest absolute Gasteiger partial charge is 0.381 e. The second kappa shape index (κ2) is 6.02. The van der Waals surface area contributed by atoms with Crippen LogP contribution in [0.4, 0.5) is 0 Å². The van der Waals surface area contributed by atoms with Crippen molar-refractivity contribution in [1.29, 1.82) is 0 Å². The minimum Gasteiger partial charge on any atom is -0.381 e. The van der Waals surface area contributed by atoms with Crippen LogP contribution in [0.2, 0.25) is 0 Å². The summed E-state index contributed by atoms with van der Waals surface area (Å²) >= 11 is 0. The van der Waals surface area contributed by atoms with Gasteiger partial charge < -0.3 is 15.8 Å². The highest BCUT2D eigenvalue weighted by atomic mass is 16.5. The lowest BCUT2D eigenvalue weighted by Gasteiger charge is -2.36. The van der Waals surface area contributed by atoms with E-state index >= 15 is 0 Å². The van der Waals surface area contributed by atoms with Crippen LogP contribution < -0.4 is 11.1 Å². The zero-order valence-corrected chi connectivity index (χ0v) is 12.2. The average Bonchev–Trinajstić information content (AvgIpc) is 2.36. The Labute approximate surface area is 111 Å². The lowest BCUT2D eigenvalue weighted by molar-refractivity contribution is -0.136. The molecule has 1 rings (SSSR count). The molecule has 0 aromatic carbocycles. The van der Waals surface area contributed by atoms with Crippen molar-refractivity contribution in [3.63, 3.8) is 0 Å². The predicted octanol–water partition coefficient (Wildman–Crippen LogP) is 1.54. The van der Waals surface area contributed by atoms with Crippen LogP contribution in [0.5, 0.6) is 0 Å². The number of hydrogen-bond donors (Lipinski definition) is 2. The van der Waals surface area contributed by atoms with Gasteiger partial charge in [0, 0.05) is 26.3 Å². The number of hydrogen-bond acceptors (Lipinski definition) is 3. The second-order valence-electron chi connectivity index (χ2n) is 6.42.